The quantitative estimate of drug-likeness (QED) is 0.180. The van der Waals surface area contributed by atoms with Gasteiger partial charge in [-0.25, -0.2) is 0 Å². The summed E-state index contributed by atoms with van der Waals surface area (Å²) >= 11 is 2.07. The van der Waals surface area contributed by atoms with Crippen LogP contribution in [0.3, 0.4) is 0 Å². The van der Waals surface area contributed by atoms with Crippen molar-refractivity contribution in [1.82, 2.24) is 4.57 Å². The fraction of sp³-hybridized carbons (Fsp3) is 0.125. The van der Waals surface area contributed by atoms with Crippen molar-refractivity contribution in [2.75, 3.05) is 4.90 Å². The Morgan fingerprint density at radius 2 is 1.48 bits per heavy atom. The fourth-order valence-corrected chi connectivity index (χ4v) is 10.4. The molecular weight excluding hydrogens is 653 g/mol. The first kappa shape index (κ1) is 30.0. The Hall–Kier alpha value is -5.71. The Morgan fingerprint density at radius 3 is 2.38 bits per heavy atom. The molecule has 0 amide bonds. The van der Waals surface area contributed by atoms with Gasteiger partial charge in [-0.1, -0.05) is 103 Å². The molecule has 3 aliphatic carbocycles. The van der Waals surface area contributed by atoms with Gasteiger partial charge in [0.15, 0.2) is 5.42 Å². The first-order chi connectivity index (χ1) is 25.8. The van der Waals surface area contributed by atoms with Crippen molar-refractivity contribution in [3.8, 4) is 16.8 Å². The number of benzene rings is 5. The molecule has 0 saturated carbocycles. The third-order valence-corrected chi connectivity index (χ3v) is 12.7. The summed E-state index contributed by atoms with van der Waals surface area (Å²) in [4.78, 5) is 4.05. The van der Waals surface area contributed by atoms with Crippen LogP contribution in [0.2, 0.25) is 0 Å². The molecule has 2 aromatic heterocycles. The van der Waals surface area contributed by atoms with Crippen molar-refractivity contribution in [2.45, 2.75) is 30.9 Å². The van der Waals surface area contributed by atoms with Crippen LogP contribution in [0.15, 0.2) is 172 Å². The number of hydrogen-bond donors (Lipinski definition) is 0. The number of para-hydroxylation sites is 3. The van der Waals surface area contributed by atoms with Gasteiger partial charge in [0.1, 0.15) is 5.58 Å². The lowest BCUT2D eigenvalue weighted by Gasteiger charge is -2.32. The van der Waals surface area contributed by atoms with Gasteiger partial charge in [-0.15, -0.1) is 11.8 Å². The van der Waals surface area contributed by atoms with Gasteiger partial charge in [0.25, 0.3) is 0 Å². The highest BCUT2D eigenvalue weighted by molar-refractivity contribution is 8.04. The third kappa shape index (κ3) is 4.67. The molecule has 0 N–H and O–H groups in total. The summed E-state index contributed by atoms with van der Waals surface area (Å²) in [6.07, 6.45) is 18.6. The highest BCUT2D eigenvalue weighted by atomic mass is 32.2. The Labute approximate surface area is 306 Å². The van der Waals surface area contributed by atoms with E-state index in [1.807, 2.05) is 0 Å². The zero-order valence-electron chi connectivity index (χ0n) is 28.7. The van der Waals surface area contributed by atoms with Crippen molar-refractivity contribution in [3.63, 3.8) is 0 Å². The lowest BCUT2D eigenvalue weighted by Crippen LogP contribution is -2.35. The van der Waals surface area contributed by atoms with Crippen LogP contribution in [0.1, 0.15) is 25.7 Å². The SMILES string of the molecule is C1=CC2=C(CC1)SC1C=C(N(C3=c4oc5ccccc5c4=CCC3)c3ccc(-c4ccc5c6ccccc6n(-c6ccccc6)c5c4)cc3)C=CC21. The highest BCUT2D eigenvalue weighted by Crippen LogP contribution is 2.50. The van der Waals surface area contributed by atoms with Crippen LogP contribution >= 0.6 is 11.8 Å². The molecule has 0 spiro atoms. The second kappa shape index (κ2) is 11.9. The van der Waals surface area contributed by atoms with E-state index in [1.165, 1.54) is 72.6 Å². The van der Waals surface area contributed by atoms with Crippen LogP contribution in [0, 0.1) is 5.92 Å². The minimum Gasteiger partial charge on any atom is -0.454 e. The van der Waals surface area contributed by atoms with E-state index in [1.54, 1.807) is 4.91 Å². The van der Waals surface area contributed by atoms with Crippen LogP contribution in [-0.2, 0) is 0 Å². The largest absolute Gasteiger partial charge is 0.454 e. The standard InChI is InChI=1S/C48H36N2OS/c1-2-11-33(12-3-1)50-42-17-7-4-13-36(42)37-27-23-32(29-44(37)50)31-21-24-34(25-22-31)49(35-26-28-40-39-15-6-9-20-46(39)52-47(40)30-35)43-18-10-16-41-38-14-5-8-19-45(38)51-48(41)43/h1-8,11-17,19,21-30,40,47H,9-10,18,20H2. The average Bonchev–Trinajstić information content (AvgIpc) is 3.88. The summed E-state index contributed by atoms with van der Waals surface area (Å²) in [5.41, 5.74) is 13.1. The van der Waals surface area contributed by atoms with E-state index in [0.717, 1.165) is 35.9 Å². The number of thioether (sulfide) groups is 1. The molecule has 52 heavy (non-hydrogen) atoms. The molecule has 7 aromatic rings. The van der Waals surface area contributed by atoms with E-state index >= 15 is 0 Å². The number of rotatable bonds is 5. The first-order valence-corrected chi connectivity index (χ1v) is 19.3. The van der Waals surface area contributed by atoms with Crippen molar-refractivity contribution in [2.24, 2.45) is 5.92 Å². The predicted molar refractivity (Wildman–Crippen MR) is 219 cm³/mol. The number of allylic oxidation sites excluding steroid dienone is 6. The van der Waals surface area contributed by atoms with Gasteiger partial charge in [0.05, 0.1) is 16.7 Å². The predicted octanol–water partition coefficient (Wildman–Crippen LogP) is 11.2. The number of furan rings is 1. The summed E-state index contributed by atoms with van der Waals surface area (Å²) in [5.74, 6) is 0.442. The maximum Gasteiger partial charge on any atom is 0.154 e. The van der Waals surface area contributed by atoms with E-state index < -0.39 is 0 Å². The normalized spacial score (nSPS) is 19.2. The smallest absolute Gasteiger partial charge is 0.154 e. The van der Waals surface area contributed by atoms with Crippen LogP contribution in [0.5, 0.6) is 0 Å². The van der Waals surface area contributed by atoms with Crippen LogP contribution in [0.4, 0.5) is 5.69 Å². The average molecular weight is 689 g/mol. The molecule has 1 aliphatic heterocycles. The first-order valence-electron chi connectivity index (χ1n) is 18.4. The molecule has 3 heterocycles. The van der Waals surface area contributed by atoms with Crippen LogP contribution in [-0.4, -0.2) is 9.82 Å². The Bertz CT molecular complexity index is 2830. The van der Waals surface area contributed by atoms with E-state index in [0.29, 0.717) is 11.2 Å². The van der Waals surface area contributed by atoms with Gasteiger partial charge in [0.2, 0.25) is 0 Å². The lowest BCUT2D eigenvalue weighted by atomic mass is 9.88. The molecule has 5 aromatic carbocycles. The monoisotopic (exact) mass is 688 g/mol. The minimum atomic E-state index is 0.406. The van der Waals surface area contributed by atoms with Crippen molar-refractivity contribution >= 4 is 62.0 Å². The molecule has 0 bridgehead atoms. The number of fused-ring (bicyclic) bond motifs is 8. The maximum atomic E-state index is 6.68. The number of anilines is 1. The minimum absolute atomic E-state index is 0.406. The summed E-state index contributed by atoms with van der Waals surface area (Å²) in [7, 11) is 0. The number of hydrogen-bond acceptors (Lipinski definition) is 3. The van der Waals surface area contributed by atoms with E-state index in [-0.39, 0.29) is 0 Å². The summed E-state index contributed by atoms with van der Waals surface area (Å²) < 4.78 is 9.07. The molecule has 2 atom stereocenters. The maximum absolute atomic E-state index is 6.68. The lowest BCUT2D eigenvalue weighted by molar-refractivity contribution is 0.565. The zero-order chi connectivity index (χ0) is 34.2. The van der Waals surface area contributed by atoms with Gasteiger partial charge >= 0.3 is 0 Å². The molecule has 4 heteroatoms. The van der Waals surface area contributed by atoms with Gasteiger partial charge in [-0.05, 0) is 102 Å². The summed E-state index contributed by atoms with van der Waals surface area (Å²) in [5, 5.41) is 5.36. The summed E-state index contributed by atoms with van der Waals surface area (Å²) in [6.45, 7) is 0. The molecular formula is C48H36N2OS. The van der Waals surface area contributed by atoms with E-state index in [9.17, 15) is 0 Å². The van der Waals surface area contributed by atoms with Gasteiger partial charge < -0.3 is 13.9 Å². The van der Waals surface area contributed by atoms with Gasteiger partial charge in [-0.3, -0.25) is 0 Å². The van der Waals surface area contributed by atoms with E-state index in [4.69, 9.17) is 4.42 Å². The zero-order valence-corrected chi connectivity index (χ0v) is 29.5. The number of nitrogens with zero attached hydrogens (tertiary/aromatic N) is 2. The van der Waals surface area contributed by atoms with Crippen molar-refractivity contribution in [1.29, 1.82) is 0 Å². The molecule has 0 fully saturated rings. The van der Waals surface area contributed by atoms with Gasteiger partial charge in [0, 0.05) is 49.6 Å². The molecule has 11 rings (SSSR count). The molecule has 0 saturated heterocycles. The van der Waals surface area contributed by atoms with Gasteiger partial charge in [-0.2, -0.15) is 0 Å². The molecule has 2 unspecified atom stereocenters. The third-order valence-electron chi connectivity index (χ3n) is 11.3. The van der Waals surface area contributed by atoms with Crippen molar-refractivity contribution < 1.29 is 4.42 Å². The molecule has 0 radical (unpaired) electrons. The Kier molecular flexibility index (Phi) is 6.88. The topological polar surface area (TPSA) is 21.3 Å². The van der Waals surface area contributed by atoms with Crippen LogP contribution < -0.4 is 15.5 Å². The van der Waals surface area contributed by atoms with E-state index in [2.05, 4.69) is 179 Å². The second-order valence-corrected chi connectivity index (χ2v) is 15.5. The second-order valence-electron chi connectivity index (χ2n) is 14.2. The summed E-state index contributed by atoms with van der Waals surface area (Å²) in [6, 6.07) is 44.0. The molecule has 250 valence electrons. The Morgan fingerprint density at radius 1 is 0.692 bits per heavy atom. The fourth-order valence-electron chi connectivity index (χ4n) is 8.86. The Balaban J connectivity index is 1.04. The van der Waals surface area contributed by atoms with Crippen LogP contribution in [0.25, 0.3) is 61.4 Å². The molecule has 4 aliphatic rings. The number of aromatic nitrogens is 1. The highest BCUT2D eigenvalue weighted by Gasteiger charge is 2.35. The van der Waals surface area contributed by atoms with Crippen molar-refractivity contribution in [3.05, 3.63) is 179 Å². The molecule has 3 nitrogen and oxygen atoms in total.